The molecule has 7 nitrogen and oxygen atoms in total. The van der Waals surface area contributed by atoms with E-state index in [0.29, 0.717) is 13.0 Å². The highest BCUT2D eigenvalue weighted by atomic mass is 79.9. The number of hydrogen-bond acceptors (Lipinski definition) is 4. The van der Waals surface area contributed by atoms with Gasteiger partial charge in [-0.1, -0.05) is 95.1 Å². The van der Waals surface area contributed by atoms with Crippen LogP contribution in [0.3, 0.4) is 0 Å². The molecule has 44 heavy (non-hydrogen) atoms. The zero-order chi connectivity index (χ0) is 31.7. The maximum atomic E-state index is 15.2. The summed E-state index contributed by atoms with van der Waals surface area (Å²) in [7, 11) is -4.38. The van der Waals surface area contributed by atoms with E-state index < -0.39 is 34.3 Å². The maximum Gasteiger partial charge on any atom is 0.264 e. The molecule has 1 atom stereocenters. The van der Waals surface area contributed by atoms with Crippen molar-refractivity contribution in [3.05, 3.63) is 130 Å². The van der Waals surface area contributed by atoms with Gasteiger partial charge >= 0.3 is 0 Å². The molecule has 1 unspecified atom stereocenters. The van der Waals surface area contributed by atoms with Crippen molar-refractivity contribution in [2.75, 3.05) is 17.4 Å². The molecule has 0 aliphatic heterocycles. The summed E-state index contributed by atoms with van der Waals surface area (Å²) < 4.78 is 44.8. The minimum absolute atomic E-state index is 0.0266. The van der Waals surface area contributed by atoms with Gasteiger partial charge in [0.25, 0.3) is 10.0 Å². The number of amides is 2. The first-order chi connectivity index (χ1) is 21.1. The second kappa shape index (κ2) is 15.1. The monoisotopic (exact) mass is 679 g/mol. The molecule has 0 radical (unpaired) electrons. The Kier molecular flexibility index (Phi) is 11.3. The van der Waals surface area contributed by atoms with E-state index in [1.807, 2.05) is 68.4 Å². The van der Waals surface area contributed by atoms with Crippen LogP contribution in [0, 0.1) is 12.7 Å². The molecule has 0 aromatic heterocycles. The predicted molar refractivity (Wildman–Crippen MR) is 174 cm³/mol. The zero-order valence-electron chi connectivity index (χ0n) is 24.6. The molecule has 0 saturated heterocycles. The number of sulfonamides is 1. The molecule has 4 rings (SSSR count). The van der Waals surface area contributed by atoms with Crippen LogP contribution in [0.25, 0.3) is 0 Å². The topological polar surface area (TPSA) is 86.8 Å². The molecule has 0 saturated carbocycles. The van der Waals surface area contributed by atoms with E-state index in [-0.39, 0.29) is 29.5 Å². The second-order valence-corrected chi connectivity index (χ2v) is 13.2. The van der Waals surface area contributed by atoms with Crippen LogP contribution < -0.4 is 9.62 Å². The molecular formula is C34H35BrFN3O4S. The molecule has 0 fully saturated rings. The number of nitrogens with zero attached hydrogens (tertiary/aromatic N) is 2. The molecule has 0 bridgehead atoms. The van der Waals surface area contributed by atoms with Gasteiger partial charge in [-0.3, -0.25) is 13.9 Å². The zero-order valence-corrected chi connectivity index (χ0v) is 27.0. The molecule has 10 heteroatoms. The summed E-state index contributed by atoms with van der Waals surface area (Å²) in [5.41, 5.74) is 2.15. The lowest BCUT2D eigenvalue weighted by Gasteiger charge is -2.34. The second-order valence-electron chi connectivity index (χ2n) is 10.4. The Labute approximate surface area is 266 Å². The smallest absolute Gasteiger partial charge is 0.264 e. The molecule has 0 heterocycles. The van der Waals surface area contributed by atoms with Crippen molar-refractivity contribution in [1.29, 1.82) is 0 Å². The SMILES string of the molecule is CCCNC(=O)C(Cc1ccccc1)N(Cc1ccc(Br)cc1)C(=O)CN(c1ccccc1F)S(=O)(=O)c1ccc(C)cc1. The summed E-state index contributed by atoms with van der Waals surface area (Å²) in [6.45, 7) is 3.47. The first kappa shape index (κ1) is 32.9. The lowest BCUT2D eigenvalue weighted by molar-refractivity contribution is -0.140. The molecular weight excluding hydrogens is 645 g/mol. The number of para-hydroxylation sites is 1. The fourth-order valence-electron chi connectivity index (χ4n) is 4.71. The maximum absolute atomic E-state index is 15.2. The summed E-state index contributed by atoms with van der Waals surface area (Å²) in [4.78, 5) is 29.3. The standard InChI is InChI=1S/C34H35BrFN3O4S/c1-3-21-37-34(41)32(22-26-9-5-4-6-10-26)38(23-27-15-17-28(35)18-16-27)33(40)24-39(31-12-8-7-11-30(31)36)44(42,43)29-19-13-25(2)14-20-29/h4-20,32H,3,21-24H2,1-2H3,(H,37,41). The average molecular weight is 681 g/mol. The van der Waals surface area contributed by atoms with Crippen molar-refractivity contribution in [3.63, 3.8) is 0 Å². The number of nitrogens with one attached hydrogen (secondary N) is 1. The minimum atomic E-state index is -4.38. The van der Waals surface area contributed by atoms with Crippen LogP contribution in [0.1, 0.15) is 30.0 Å². The number of hydrogen-bond donors (Lipinski definition) is 1. The first-order valence-electron chi connectivity index (χ1n) is 14.3. The van der Waals surface area contributed by atoms with Crippen LogP contribution in [0.2, 0.25) is 0 Å². The lowest BCUT2D eigenvalue weighted by Crippen LogP contribution is -2.53. The number of benzene rings is 4. The third-order valence-electron chi connectivity index (χ3n) is 7.10. The number of aryl methyl sites for hydroxylation is 1. The summed E-state index contributed by atoms with van der Waals surface area (Å²) in [5, 5.41) is 2.91. The molecule has 4 aromatic carbocycles. The van der Waals surface area contributed by atoms with E-state index in [1.165, 1.54) is 35.2 Å². The highest BCUT2D eigenvalue weighted by Crippen LogP contribution is 2.27. The predicted octanol–water partition coefficient (Wildman–Crippen LogP) is 6.26. The van der Waals surface area contributed by atoms with Crippen molar-refractivity contribution in [1.82, 2.24) is 10.2 Å². The van der Waals surface area contributed by atoms with Gasteiger partial charge in [0, 0.05) is 24.0 Å². The van der Waals surface area contributed by atoms with E-state index in [0.717, 1.165) is 31.5 Å². The third kappa shape index (κ3) is 8.33. The van der Waals surface area contributed by atoms with E-state index >= 15 is 4.39 Å². The highest BCUT2D eigenvalue weighted by molar-refractivity contribution is 9.10. The average Bonchev–Trinajstić information content (AvgIpc) is 3.02. The van der Waals surface area contributed by atoms with Crippen molar-refractivity contribution >= 4 is 43.5 Å². The third-order valence-corrected chi connectivity index (χ3v) is 9.40. The van der Waals surface area contributed by atoms with Crippen LogP contribution in [0.5, 0.6) is 0 Å². The number of halogens is 2. The molecule has 4 aromatic rings. The van der Waals surface area contributed by atoms with Crippen molar-refractivity contribution in [2.45, 2.75) is 44.2 Å². The van der Waals surface area contributed by atoms with Crippen LogP contribution in [-0.2, 0) is 32.6 Å². The Hall–Kier alpha value is -4.02. The Morgan fingerprint density at radius 2 is 1.50 bits per heavy atom. The first-order valence-corrected chi connectivity index (χ1v) is 16.5. The summed E-state index contributed by atoms with van der Waals surface area (Å²) in [5.74, 6) is -1.81. The van der Waals surface area contributed by atoms with Crippen molar-refractivity contribution in [3.8, 4) is 0 Å². The van der Waals surface area contributed by atoms with E-state index in [9.17, 15) is 18.0 Å². The Bertz CT molecular complexity index is 1670. The normalized spacial score (nSPS) is 11.9. The molecule has 230 valence electrons. The van der Waals surface area contributed by atoms with Gasteiger partial charge in [0.1, 0.15) is 18.4 Å². The van der Waals surface area contributed by atoms with Crippen LogP contribution in [0.4, 0.5) is 10.1 Å². The van der Waals surface area contributed by atoms with Crippen LogP contribution in [0.15, 0.2) is 112 Å². The molecule has 0 aliphatic rings. The Morgan fingerprint density at radius 3 is 2.14 bits per heavy atom. The fraction of sp³-hybridized carbons (Fsp3) is 0.235. The summed E-state index contributed by atoms with van der Waals surface area (Å²) in [6.07, 6.45) is 0.892. The van der Waals surface area contributed by atoms with Gasteiger partial charge in [0.15, 0.2) is 0 Å². The molecule has 0 spiro atoms. The van der Waals surface area contributed by atoms with Gasteiger partial charge in [0.05, 0.1) is 10.6 Å². The number of anilines is 1. The summed E-state index contributed by atoms with van der Waals surface area (Å²) >= 11 is 3.43. The largest absolute Gasteiger partial charge is 0.354 e. The molecule has 2 amide bonds. The van der Waals surface area contributed by atoms with Gasteiger partial charge < -0.3 is 10.2 Å². The van der Waals surface area contributed by atoms with Gasteiger partial charge in [-0.15, -0.1) is 0 Å². The number of carbonyl (C=O) groups excluding carboxylic acids is 2. The quantitative estimate of drug-likeness (QED) is 0.181. The van der Waals surface area contributed by atoms with Gasteiger partial charge in [-0.05, 0) is 60.9 Å². The Balaban J connectivity index is 1.80. The van der Waals surface area contributed by atoms with Crippen molar-refractivity contribution < 1.29 is 22.4 Å². The van der Waals surface area contributed by atoms with Crippen molar-refractivity contribution in [2.24, 2.45) is 0 Å². The van der Waals surface area contributed by atoms with Crippen LogP contribution >= 0.6 is 15.9 Å². The van der Waals surface area contributed by atoms with Gasteiger partial charge in [-0.2, -0.15) is 0 Å². The van der Waals surface area contributed by atoms with E-state index in [1.54, 1.807) is 12.1 Å². The Morgan fingerprint density at radius 1 is 0.864 bits per heavy atom. The van der Waals surface area contributed by atoms with Crippen LogP contribution in [-0.4, -0.2) is 44.3 Å². The fourth-order valence-corrected chi connectivity index (χ4v) is 6.40. The lowest BCUT2D eigenvalue weighted by atomic mass is 10.0. The highest BCUT2D eigenvalue weighted by Gasteiger charge is 2.35. The van der Waals surface area contributed by atoms with Gasteiger partial charge in [-0.25, -0.2) is 12.8 Å². The van der Waals surface area contributed by atoms with E-state index in [2.05, 4.69) is 21.2 Å². The minimum Gasteiger partial charge on any atom is -0.354 e. The van der Waals surface area contributed by atoms with Gasteiger partial charge in [0.2, 0.25) is 11.8 Å². The number of carbonyl (C=O) groups is 2. The van der Waals surface area contributed by atoms with E-state index in [4.69, 9.17) is 0 Å². The number of rotatable bonds is 13. The molecule has 1 N–H and O–H groups in total. The molecule has 0 aliphatic carbocycles. The summed E-state index contributed by atoms with van der Waals surface area (Å²) in [6, 6.07) is 27.2.